The van der Waals surface area contributed by atoms with Gasteiger partial charge in [-0.05, 0) is 138 Å². The normalized spacial score (nSPS) is 12.9. The molecule has 0 N–H and O–H groups in total. The summed E-state index contributed by atoms with van der Waals surface area (Å²) in [7, 11) is 0. The van der Waals surface area contributed by atoms with Gasteiger partial charge in [-0.3, -0.25) is 4.99 Å². The minimum atomic E-state index is 1.02. The van der Waals surface area contributed by atoms with Crippen LogP contribution in [0.1, 0.15) is 30.9 Å². The standard InChI is InChI=1S/C49H37N/c1-32-11-3-10-18-47(32)50-33(2)34-19-21-37(22-20-34)40-27-28-45-46(31-40)49(42-26-24-36-13-5-7-15-39(36)30-42)44-17-9-8-16-43(44)48(45)41-25-23-35-12-4-6-14-38(35)29-41/h3-7,10-31H,8-9H2,1-2H3. The number of aliphatic imine (C=N–C) groups is 1. The number of rotatable bonds is 5. The second kappa shape index (κ2) is 12.4. The van der Waals surface area contributed by atoms with Gasteiger partial charge in [-0.25, -0.2) is 0 Å². The molecule has 1 heteroatoms. The van der Waals surface area contributed by atoms with E-state index < -0.39 is 0 Å². The zero-order valence-corrected chi connectivity index (χ0v) is 28.4. The fourth-order valence-electron chi connectivity index (χ4n) is 7.74. The van der Waals surface area contributed by atoms with E-state index in [9.17, 15) is 0 Å². The van der Waals surface area contributed by atoms with E-state index in [1.165, 1.54) is 81.7 Å². The molecule has 1 aliphatic carbocycles. The second-order valence-corrected chi connectivity index (χ2v) is 13.5. The van der Waals surface area contributed by atoms with E-state index in [1.807, 2.05) is 6.07 Å². The van der Waals surface area contributed by atoms with Crippen LogP contribution in [0.25, 0.3) is 77.9 Å². The number of hydrogen-bond acceptors (Lipinski definition) is 1. The summed E-state index contributed by atoms with van der Waals surface area (Å²) in [6.07, 6.45) is 7.03. The Labute approximate surface area is 293 Å². The van der Waals surface area contributed by atoms with E-state index >= 15 is 0 Å². The van der Waals surface area contributed by atoms with Gasteiger partial charge < -0.3 is 0 Å². The molecule has 0 aromatic heterocycles. The van der Waals surface area contributed by atoms with E-state index in [0.29, 0.717) is 0 Å². The molecule has 0 fully saturated rings. The molecule has 0 radical (unpaired) electrons. The van der Waals surface area contributed by atoms with Crippen LogP contribution < -0.4 is 10.4 Å². The lowest BCUT2D eigenvalue weighted by atomic mass is 9.84. The predicted molar refractivity (Wildman–Crippen MR) is 216 cm³/mol. The average molecular weight is 640 g/mol. The maximum atomic E-state index is 4.95. The number of fused-ring (bicyclic) bond motifs is 4. The Bertz CT molecular complexity index is 2760. The quantitative estimate of drug-likeness (QED) is 0.166. The van der Waals surface area contributed by atoms with Crippen LogP contribution in [0.15, 0.2) is 157 Å². The lowest BCUT2D eigenvalue weighted by Crippen LogP contribution is -2.31. The molecule has 1 aliphatic rings. The molecule has 1 nitrogen and oxygen atoms in total. The van der Waals surface area contributed by atoms with Crippen LogP contribution in [-0.2, 0) is 0 Å². The van der Waals surface area contributed by atoms with Crippen LogP contribution in [-0.4, -0.2) is 5.71 Å². The van der Waals surface area contributed by atoms with E-state index in [2.05, 4.69) is 172 Å². The Morgan fingerprint density at radius 2 is 0.980 bits per heavy atom. The highest BCUT2D eigenvalue weighted by molar-refractivity contribution is 6.09. The summed E-state index contributed by atoms with van der Waals surface area (Å²) in [6, 6.07) is 55.6. The molecule has 0 unspecified atom stereocenters. The summed E-state index contributed by atoms with van der Waals surface area (Å²) in [6.45, 7) is 4.21. The van der Waals surface area contributed by atoms with Gasteiger partial charge in [-0.1, -0.05) is 140 Å². The number of aryl methyl sites for hydroxylation is 1. The lowest BCUT2D eigenvalue weighted by Gasteiger charge is -2.19. The van der Waals surface area contributed by atoms with Gasteiger partial charge in [0.05, 0.1) is 5.69 Å². The van der Waals surface area contributed by atoms with E-state index in [1.54, 1.807) is 0 Å². The van der Waals surface area contributed by atoms with Crippen molar-refractivity contribution < 1.29 is 0 Å². The third-order valence-corrected chi connectivity index (χ3v) is 10.4. The van der Waals surface area contributed by atoms with Crippen molar-refractivity contribution in [3.05, 3.63) is 173 Å². The largest absolute Gasteiger partial charge is 0.253 e. The Kier molecular flexibility index (Phi) is 7.47. The van der Waals surface area contributed by atoms with Crippen LogP contribution in [0.5, 0.6) is 0 Å². The van der Waals surface area contributed by atoms with Gasteiger partial charge in [-0.2, -0.15) is 0 Å². The van der Waals surface area contributed by atoms with Crippen molar-refractivity contribution in [2.75, 3.05) is 0 Å². The van der Waals surface area contributed by atoms with Crippen molar-refractivity contribution in [3.63, 3.8) is 0 Å². The number of benzene rings is 8. The molecule has 8 aromatic carbocycles. The van der Waals surface area contributed by atoms with Crippen molar-refractivity contribution in [1.29, 1.82) is 0 Å². The zero-order chi connectivity index (χ0) is 33.6. The molecule has 0 aliphatic heterocycles. The van der Waals surface area contributed by atoms with Crippen molar-refractivity contribution in [1.82, 2.24) is 0 Å². The third-order valence-electron chi connectivity index (χ3n) is 10.4. The zero-order valence-electron chi connectivity index (χ0n) is 28.4. The van der Waals surface area contributed by atoms with E-state index in [0.717, 1.165) is 29.8 Å². The van der Waals surface area contributed by atoms with Crippen LogP contribution in [0.3, 0.4) is 0 Å². The summed E-state index contributed by atoms with van der Waals surface area (Å²) in [5, 5.41) is 10.3. The first-order valence-corrected chi connectivity index (χ1v) is 17.6. The minimum Gasteiger partial charge on any atom is -0.253 e. The summed E-state index contributed by atoms with van der Waals surface area (Å²) < 4.78 is 0. The molecule has 0 heterocycles. The fourth-order valence-corrected chi connectivity index (χ4v) is 7.74. The first kappa shape index (κ1) is 30.0. The summed E-state index contributed by atoms with van der Waals surface area (Å²) in [5.41, 5.74) is 11.9. The van der Waals surface area contributed by atoms with Crippen LogP contribution in [0.2, 0.25) is 0 Å². The molecule has 0 saturated carbocycles. The Hall–Kier alpha value is -6.05. The van der Waals surface area contributed by atoms with Gasteiger partial charge in [-0.15, -0.1) is 0 Å². The first-order valence-electron chi connectivity index (χ1n) is 17.6. The van der Waals surface area contributed by atoms with Gasteiger partial charge in [0.25, 0.3) is 0 Å². The minimum absolute atomic E-state index is 1.02. The first-order chi connectivity index (χ1) is 24.6. The van der Waals surface area contributed by atoms with Crippen LogP contribution in [0.4, 0.5) is 5.69 Å². The maximum Gasteiger partial charge on any atom is 0.0662 e. The van der Waals surface area contributed by atoms with Gasteiger partial charge in [0.15, 0.2) is 0 Å². The third kappa shape index (κ3) is 5.32. The smallest absolute Gasteiger partial charge is 0.0662 e. The fraction of sp³-hybridized carbons (Fsp3) is 0.0816. The molecule has 0 bridgehead atoms. The van der Waals surface area contributed by atoms with Crippen LogP contribution in [0, 0.1) is 6.92 Å². The van der Waals surface area contributed by atoms with Crippen molar-refractivity contribution in [2.24, 2.45) is 4.99 Å². The molecule has 50 heavy (non-hydrogen) atoms. The Morgan fingerprint density at radius 1 is 0.460 bits per heavy atom. The molecular formula is C49H37N. The molecule has 0 saturated heterocycles. The molecule has 0 amide bonds. The highest BCUT2D eigenvalue weighted by atomic mass is 14.7. The van der Waals surface area contributed by atoms with Crippen molar-refractivity contribution in [3.8, 4) is 33.4 Å². The second-order valence-electron chi connectivity index (χ2n) is 13.5. The molecule has 0 atom stereocenters. The molecule has 9 rings (SSSR count). The predicted octanol–water partition coefficient (Wildman–Crippen LogP) is 12.0. The highest BCUT2D eigenvalue weighted by Crippen LogP contribution is 2.37. The van der Waals surface area contributed by atoms with Crippen LogP contribution >= 0.6 is 0 Å². The van der Waals surface area contributed by atoms with Gasteiger partial charge in [0.2, 0.25) is 0 Å². The Morgan fingerprint density at radius 3 is 1.60 bits per heavy atom. The van der Waals surface area contributed by atoms with Gasteiger partial charge >= 0.3 is 0 Å². The number of nitrogens with zero attached hydrogens (tertiary/aromatic N) is 1. The molecular weight excluding hydrogens is 603 g/mol. The molecule has 8 aromatic rings. The maximum absolute atomic E-state index is 4.95. The average Bonchev–Trinajstić information content (AvgIpc) is 3.17. The van der Waals surface area contributed by atoms with Gasteiger partial charge in [0, 0.05) is 5.71 Å². The van der Waals surface area contributed by atoms with E-state index in [-0.39, 0.29) is 0 Å². The molecule has 238 valence electrons. The summed E-state index contributed by atoms with van der Waals surface area (Å²) in [5.74, 6) is 0. The topological polar surface area (TPSA) is 12.4 Å². The summed E-state index contributed by atoms with van der Waals surface area (Å²) >= 11 is 0. The van der Waals surface area contributed by atoms with Crippen molar-refractivity contribution in [2.45, 2.75) is 26.7 Å². The number of para-hydroxylation sites is 1. The van der Waals surface area contributed by atoms with Gasteiger partial charge in [0.1, 0.15) is 0 Å². The molecule has 0 spiro atoms. The summed E-state index contributed by atoms with van der Waals surface area (Å²) in [4.78, 5) is 4.95. The monoisotopic (exact) mass is 639 g/mol. The lowest BCUT2D eigenvalue weighted by molar-refractivity contribution is 1.12. The van der Waals surface area contributed by atoms with Crippen molar-refractivity contribution >= 4 is 55.9 Å². The SMILES string of the molecule is CC(=Nc1ccccc1C)c1ccc(-c2ccc3c(-c4ccc5ccccc5c4)c4c(c(-c5ccc6ccccc6c5)c3c2)=CCCC=4)cc1. The van der Waals surface area contributed by atoms with E-state index in [4.69, 9.17) is 4.99 Å². The Balaban J connectivity index is 1.26. The highest BCUT2D eigenvalue weighted by Gasteiger charge is 2.18. The number of hydrogen-bond donors (Lipinski definition) is 0.